The maximum atomic E-state index is 13.5. The average molecular weight is 309 g/mol. The lowest BCUT2D eigenvalue weighted by Gasteiger charge is -2.04. The smallest absolute Gasteiger partial charge is 0.251 e. The number of H-pyrrole nitrogens is 1. The van der Waals surface area contributed by atoms with Crippen molar-refractivity contribution in [2.24, 2.45) is 0 Å². The highest BCUT2D eigenvalue weighted by Gasteiger charge is 2.25. The summed E-state index contributed by atoms with van der Waals surface area (Å²) in [7, 11) is 0. The van der Waals surface area contributed by atoms with Crippen molar-refractivity contribution < 1.29 is 4.39 Å². The van der Waals surface area contributed by atoms with Gasteiger partial charge in [0.2, 0.25) is 0 Å². The standard InChI is InChI=1S/C13H10BrFN2O/c14-9-4-3-8(5-10(9)15)13-16-11(7-1-2-7)6-12(18)17-13/h3-7H,1-2H2,(H,16,17,18). The maximum absolute atomic E-state index is 13.5. The molecule has 0 bridgehead atoms. The van der Waals surface area contributed by atoms with Crippen LogP contribution >= 0.6 is 15.9 Å². The minimum atomic E-state index is -0.369. The summed E-state index contributed by atoms with van der Waals surface area (Å²) in [6.45, 7) is 0. The molecule has 0 aliphatic heterocycles. The van der Waals surface area contributed by atoms with Gasteiger partial charge < -0.3 is 4.98 Å². The van der Waals surface area contributed by atoms with Gasteiger partial charge in [-0.1, -0.05) is 0 Å². The quantitative estimate of drug-likeness (QED) is 0.926. The molecule has 3 nitrogen and oxygen atoms in total. The number of aromatic amines is 1. The molecule has 1 saturated carbocycles. The first-order valence-electron chi connectivity index (χ1n) is 5.70. The molecule has 0 spiro atoms. The van der Waals surface area contributed by atoms with Gasteiger partial charge in [-0.25, -0.2) is 9.37 Å². The van der Waals surface area contributed by atoms with Crippen molar-refractivity contribution in [3.05, 3.63) is 50.6 Å². The van der Waals surface area contributed by atoms with E-state index in [1.807, 2.05) is 0 Å². The number of hydrogen-bond donors (Lipinski definition) is 1. The number of benzene rings is 1. The Morgan fingerprint density at radius 1 is 1.33 bits per heavy atom. The average Bonchev–Trinajstić information content (AvgIpc) is 3.16. The van der Waals surface area contributed by atoms with Crippen molar-refractivity contribution in [3.63, 3.8) is 0 Å². The predicted molar refractivity (Wildman–Crippen MR) is 69.9 cm³/mol. The van der Waals surface area contributed by atoms with Crippen molar-refractivity contribution in [2.75, 3.05) is 0 Å². The third-order valence-corrected chi connectivity index (χ3v) is 3.59. The molecule has 1 aliphatic carbocycles. The van der Waals surface area contributed by atoms with Crippen molar-refractivity contribution in [3.8, 4) is 11.4 Å². The van der Waals surface area contributed by atoms with Gasteiger partial charge in [0.25, 0.3) is 5.56 Å². The molecule has 3 rings (SSSR count). The largest absolute Gasteiger partial charge is 0.307 e. The summed E-state index contributed by atoms with van der Waals surface area (Å²) in [5.74, 6) is 0.453. The van der Waals surface area contributed by atoms with Crippen molar-refractivity contribution in [1.29, 1.82) is 0 Å². The van der Waals surface area contributed by atoms with Crippen LogP contribution in [0.2, 0.25) is 0 Å². The lowest BCUT2D eigenvalue weighted by Crippen LogP contribution is -2.10. The zero-order valence-corrected chi connectivity index (χ0v) is 11.0. The lowest BCUT2D eigenvalue weighted by atomic mass is 10.2. The van der Waals surface area contributed by atoms with Crippen molar-refractivity contribution in [2.45, 2.75) is 18.8 Å². The van der Waals surface area contributed by atoms with E-state index in [0.717, 1.165) is 18.5 Å². The lowest BCUT2D eigenvalue weighted by molar-refractivity contribution is 0.621. The van der Waals surface area contributed by atoms with Crippen molar-refractivity contribution in [1.82, 2.24) is 9.97 Å². The first kappa shape index (κ1) is 11.6. The molecular formula is C13H10BrFN2O. The Kier molecular flexibility index (Phi) is 2.78. The minimum absolute atomic E-state index is 0.190. The van der Waals surface area contributed by atoms with Crippen LogP contribution in [-0.4, -0.2) is 9.97 Å². The fourth-order valence-corrected chi connectivity index (χ4v) is 2.09. The van der Waals surface area contributed by atoms with Gasteiger partial charge in [-0.05, 0) is 47.0 Å². The zero-order valence-electron chi connectivity index (χ0n) is 9.41. The van der Waals surface area contributed by atoms with E-state index >= 15 is 0 Å². The second-order valence-electron chi connectivity index (χ2n) is 4.42. The molecule has 18 heavy (non-hydrogen) atoms. The van der Waals surface area contributed by atoms with E-state index in [4.69, 9.17) is 0 Å². The van der Waals surface area contributed by atoms with E-state index in [2.05, 4.69) is 25.9 Å². The highest BCUT2D eigenvalue weighted by atomic mass is 79.9. The molecule has 1 aliphatic rings. The third kappa shape index (κ3) is 2.22. The SMILES string of the molecule is O=c1cc(C2CC2)nc(-c2ccc(Br)c(F)c2)[nH]1. The first-order chi connectivity index (χ1) is 8.63. The Morgan fingerprint density at radius 3 is 2.78 bits per heavy atom. The molecule has 1 fully saturated rings. The van der Waals surface area contributed by atoms with Gasteiger partial charge in [0.05, 0.1) is 10.2 Å². The van der Waals surface area contributed by atoms with Crippen molar-refractivity contribution >= 4 is 15.9 Å². The second-order valence-corrected chi connectivity index (χ2v) is 5.28. The van der Waals surface area contributed by atoms with Crippen LogP contribution in [0.1, 0.15) is 24.5 Å². The number of rotatable bonds is 2. The molecule has 0 radical (unpaired) electrons. The van der Waals surface area contributed by atoms with Gasteiger partial charge in [0.1, 0.15) is 11.6 Å². The minimum Gasteiger partial charge on any atom is -0.307 e. The topological polar surface area (TPSA) is 45.8 Å². The van der Waals surface area contributed by atoms with Gasteiger partial charge >= 0.3 is 0 Å². The summed E-state index contributed by atoms with van der Waals surface area (Å²) in [6, 6.07) is 6.21. The third-order valence-electron chi connectivity index (χ3n) is 2.95. The van der Waals surface area contributed by atoms with Gasteiger partial charge in [-0.3, -0.25) is 4.79 Å². The summed E-state index contributed by atoms with van der Waals surface area (Å²) in [5, 5.41) is 0. The van der Waals surface area contributed by atoms with Crippen LogP contribution in [-0.2, 0) is 0 Å². The molecule has 0 saturated heterocycles. The normalized spacial score (nSPS) is 14.8. The van der Waals surface area contributed by atoms with E-state index in [9.17, 15) is 9.18 Å². The summed E-state index contributed by atoms with van der Waals surface area (Å²) in [6.07, 6.45) is 2.15. The Labute approximate surface area is 111 Å². The molecule has 0 atom stereocenters. The molecule has 0 unspecified atom stereocenters. The fourth-order valence-electron chi connectivity index (χ4n) is 1.84. The summed E-state index contributed by atoms with van der Waals surface area (Å²) >= 11 is 3.10. The van der Waals surface area contributed by atoms with Gasteiger partial charge in [0.15, 0.2) is 0 Å². The van der Waals surface area contributed by atoms with Gasteiger partial charge in [-0.15, -0.1) is 0 Å². The summed E-state index contributed by atoms with van der Waals surface area (Å²) < 4.78 is 13.9. The fraction of sp³-hybridized carbons (Fsp3) is 0.231. The number of nitrogens with one attached hydrogen (secondary N) is 1. The van der Waals surface area contributed by atoms with Crippen LogP contribution in [0.3, 0.4) is 0 Å². The molecule has 1 heterocycles. The highest BCUT2D eigenvalue weighted by molar-refractivity contribution is 9.10. The molecule has 0 amide bonds. The van der Waals surface area contributed by atoms with E-state index in [0.29, 0.717) is 21.8 Å². The molecule has 92 valence electrons. The van der Waals surface area contributed by atoms with Crippen LogP contribution in [0.15, 0.2) is 33.5 Å². The zero-order chi connectivity index (χ0) is 12.7. The van der Waals surface area contributed by atoms with Crippen LogP contribution in [0.25, 0.3) is 11.4 Å². The van der Waals surface area contributed by atoms with Crippen LogP contribution in [0, 0.1) is 5.82 Å². The molecule has 1 aromatic carbocycles. The van der Waals surface area contributed by atoms with Crippen LogP contribution in [0.4, 0.5) is 4.39 Å². The number of nitrogens with zero attached hydrogens (tertiary/aromatic N) is 1. The van der Waals surface area contributed by atoms with E-state index in [1.54, 1.807) is 12.1 Å². The van der Waals surface area contributed by atoms with E-state index in [-0.39, 0.29) is 11.4 Å². The monoisotopic (exact) mass is 308 g/mol. The van der Waals surface area contributed by atoms with E-state index < -0.39 is 0 Å². The first-order valence-corrected chi connectivity index (χ1v) is 6.49. The Hall–Kier alpha value is -1.49. The molecule has 5 heteroatoms. The second kappa shape index (κ2) is 4.31. The molecule has 1 N–H and O–H groups in total. The maximum Gasteiger partial charge on any atom is 0.251 e. The summed E-state index contributed by atoms with van der Waals surface area (Å²) in [5.41, 5.74) is 1.19. The predicted octanol–water partition coefficient (Wildman–Crippen LogP) is 3.22. The number of aromatic nitrogens is 2. The Bertz CT molecular complexity index is 664. The van der Waals surface area contributed by atoms with Gasteiger partial charge in [0, 0.05) is 17.5 Å². The molecule has 1 aromatic heterocycles. The van der Waals surface area contributed by atoms with E-state index in [1.165, 1.54) is 12.1 Å². The van der Waals surface area contributed by atoms with Crippen LogP contribution < -0.4 is 5.56 Å². The van der Waals surface area contributed by atoms with Crippen LogP contribution in [0.5, 0.6) is 0 Å². The van der Waals surface area contributed by atoms with Gasteiger partial charge in [-0.2, -0.15) is 0 Å². The molecular weight excluding hydrogens is 299 g/mol. The number of halogens is 2. The Morgan fingerprint density at radius 2 is 2.11 bits per heavy atom. The highest BCUT2D eigenvalue weighted by Crippen LogP contribution is 2.38. The Balaban J connectivity index is 2.09. The number of hydrogen-bond acceptors (Lipinski definition) is 2. The summed E-state index contributed by atoms with van der Waals surface area (Å²) in [4.78, 5) is 18.6. The molecule has 2 aromatic rings.